The third-order valence-electron chi connectivity index (χ3n) is 19.1. The first-order valence-corrected chi connectivity index (χ1v) is 38.3. The minimum atomic E-state index is -4.76. The number of aromatic nitrogens is 22. The van der Waals surface area contributed by atoms with E-state index in [0.29, 0.717) is 16.7 Å². The lowest BCUT2D eigenvalue weighted by Gasteiger charge is -2.16. The van der Waals surface area contributed by atoms with Crippen molar-refractivity contribution < 1.29 is 153 Å². The monoisotopic (exact) mass is 1770 g/mol. The highest BCUT2D eigenvalue weighted by Crippen LogP contribution is 2.42. The van der Waals surface area contributed by atoms with Crippen LogP contribution in [0.1, 0.15) is 37.4 Å². The molecule has 63 heteroatoms. The molecule has 0 spiro atoms. The number of nitrogens with zero attached hydrogens (tertiary/aromatic N) is 19. The molecule has 11 aromatic rings. The fraction of sp³-hybridized carbons (Fsp3) is 0.508. The smallest absolute Gasteiger partial charge is 0.469 e. The highest BCUT2D eigenvalue weighted by atomic mass is 31.2. The Bertz CT molecular complexity index is 5720. The van der Waals surface area contributed by atoms with E-state index in [2.05, 4.69) is 83.8 Å². The van der Waals surface area contributed by atoms with Gasteiger partial charge in [0.25, 0.3) is 16.7 Å². The van der Waals surface area contributed by atoms with Crippen molar-refractivity contribution in [1.82, 2.24) is 107 Å². The predicted octanol–water partition coefficient (Wildman–Crippen LogP) is -13.8. The highest BCUT2D eigenvalue weighted by molar-refractivity contribution is 7.46. The average Bonchev–Trinajstić information content (AvgIpc) is 1.64. The van der Waals surface area contributed by atoms with Crippen LogP contribution < -0.4 is 45.3 Å². The van der Waals surface area contributed by atoms with Gasteiger partial charge in [-0.3, -0.25) is 65.8 Å². The van der Waals surface area contributed by atoms with Crippen LogP contribution in [0.25, 0.3) is 55.8 Å². The van der Waals surface area contributed by atoms with Gasteiger partial charge in [0.1, 0.15) is 140 Å². The summed E-state index contributed by atoms with van der Waals surface area (Å²) in [6.07, 6.45) is -16.7. The molecule has 17 heterocycles. The summed E-state index contributed by atoms with van der Waals surface area (Å²) in [7, 11) is -9.48. The summed E-state index contributed by atoms with van der Waals surface area (Å²) in [5.74, 6) is -0.200. The number of imidazole rings is 5. The minimum Gasteiger partial charge on any atom is -0.492 e. The van der Waals surface area contributed by atoms with Gasteiger partial charge in [-0.05, 0) is 0 Å². The Morgan fingerprint density at radius 1 is 0.361 bits per heavy atom. The third-order valence-corrected chi connectivity index (χ3v) is 20.0. The summed E-state index contributed by atoms with van der Waals surface area (Å²) < 4.78 is 69.7. The molecule has 32 N–H and O–H groups in total. The minimum absolute atomic E-state index is 0.0176. The van der Waals surface area contributed by atoms with Gasteiger partial charge >= 0.3 is 21.3 Å². The normalized spacial score (nSPS) is 30.1. The lowest BCUT2D eigenvalue weighted by Crippen LogP contribution is -2.37. The Labute approximate surface area is 673 Å². The molecule has 0 aliphatic carbocycles. The van der Waals surface area contributed by atoms with Crippen LogP contribution in [0.15, 0.2) is 82.1 Å². The van der Waals surface area contributed by atoms with Crippen molar-refractivity contribution in [2.45, 2.75) is 147 Å². The molecule has 6 saturated heterocycles. The lowest BCUT2D eigenvalue weighted by molar-refractivity contribution is -0.0550. The number of aromatic amines is 3. The van der Waals surface area contributed by atoms with Crippen molar-refractivity contribution in [3.8, 4) is 5.88 Å². The topological polar surface area (TPSA) is 950 Å². The van der Waals surface area contributed by atoms with Gasteiger partial charge in [-0.2, -0.15) is 15.0 Å². The molecule has 6 fully saturated rings. The molecule has 664 valence electrons. The third kappa shape index (κ3) is 18.8. The number of nitrogens with two attached hydrogens (primary N) is 4. The van der Waals surface area contributed by atoms with E-state index < -0.39 is 225 Å². The average molecular weight is 1770 g/mol. The molecular formula is C59H78N26O35P2. The van der Waals surface area contributed by atoms with E-state index in [1.54, 1.807) is 0 Å². The summed E-state index contributed by atoms with van der Waals surface area (Å²) in [4.78, 5) is 138. The Morgan fingerprint density at radius 2 is 0.639 bits per heavy atom. The molecule has 0 radical (unpaired) electrons. The maximum atomic E-state index is 11.7. The number of rotatable bonds is 16. The molecule has 24 atom stereocenters. The predicted molar refractivity (Wildman–Crippen MR) is 393 cm³/mol. The number of nitrogen functional groups attached to an aromatic ring is 4. The molecule has 17 rings (SSSR count). The molecule has 0 unspecified atom stereocenters. The number of hydrogen-bond donors (Lipinski definition) is 28. The van der Waals surface area contributed by atoms with Crippen LogP contribution in [0.3, 0.4) is 0 Å². The zero-order valence-corrected chi connectivity index (χ0v) is 63.5. The summed E-state index contributed by atoms with van der Waals surface area (Å²) in [5, 5.41) is 164. The lowest BCUT2D eigenvalue weighted by atomic mass is 10.1. The number of aliphatic hydroxyl groups excluding tert-OH is 16. The number of hydrogen-bond acceptors (Lipinski definition) is 48. The summed E-state index contributed by atoms with van der Waals surface area (Å²) in [6, 6.07) is 1.09. The van der Waals surface area contributed by atoms with E-state index in [9.17, 15) is 94.7 Å². The van der Waals surface area contributed by atoms with Gasteiger partial charge in [0, 0.05) is 12.3 Å². The summed E-state index contributed by atoms with van der Waals surface area (Å²) >= 11 is 0. The number of phosphoric acid groups is 2. The van der Waals surface area contributed by atoms with Gasteiger partial charge in [0.15, 0.2) is 93.8 Å². The fourth-order valence-corrected chi connectivity index (χ4v) is 13.7. The van der Waals surface area contributed by atoms with Crippen LogP contribution in [0, 0.1) is 0 Å². The van der Waals surface area contributed by atoms with E-state index in [4.69, 9.17) is 91.4 Å². The van der Waals surface area contributed by atoms with Crippen LogP contribution in [-0.2, 0) is 46.6 Å². The Kier molecular flexibility index (Phi) is 27.6. The van der Waals surface area contributed by atoms with Crippen LogP contribution in [0.2, 0.25) is 0 Å². The number of aliphatic hydroxyl groups is 16. The fourth-order valence-electron chi connectivity index (χ4n) is 13.0. The maximum absolute atomic E-state index is 11.7. The van der Waals surface area contributed by atoms with E-state index >= 15 is 0 Å². The molecule has 61 nitrogen and oxygen atoms in total. The molecule has 0 aromatic carbocycles. The van der Waals surface area contributed by atoms with Crippen molar-refractivity contribution in [1.29, 1.82) is 0 Å². The quantitative estimate of drug-likeness (QED) is 0.0400. The van der Waals surface area contributed by atoms with E-state index in [1.807, 2.05) is 4.98 Å². The SMILES string of the molecule is Nc1nc2c(ncn2[C@@H]2O[C@H](CO)[C@@H](O)[C@H]2O)c(=O)[nH]1.Nc1nc2c(ncn2[C@@H]2O[C@H](COP(=O)(O)O)[C@@H](O)[C@H]2O)c(=O)[nH]1.Nc1ncnc2c1ncn2[C@@H]1O[C@H](CO)[C@@H](O)[C@H]1O.Nc1ncnc2c1ncn2[C@@H]1O[C@H](COP(=O)(O)O)[C@@H](O)[C@H]1O.O=c1ccn([C@@H]2O[C@H](CO)[C@@H](O)[C@H]2O)c(=O)[nH]1.OC[C@H]1O[C@@H](n2cnc3c(O)ncnc32)[C@H](O)[C@@H]1O. The van der Waals surface area contributed by atoms with Gasteiger partial charge in [-0.15, -0.1) is 0 Å². The molecule has 122 heavy (non-hydrogen) atoms. The van der Waals surface area contributed by atoms with Gasteiger partial charge < -0.3 is 158 Å². The standard InChI is InChI=1S/C10H14N5O8P.C10H14N5O7P.C10H13N5O5.C10H13N5O4.C10H12N4O5.C9H12N2O6/c11-10-13-7-4(8(18)14-10)12-2-15(7)9-6(17)5(16)3(23-9)1-22-24(19,20)21;11-8-5-9(13-2-12-8)15(3-14-5)10-7(17)6(16)4(22-10)1-21-23(18,19)20;11-10-13-7-4(8(19)14-10)12-2-15(7)9-6(18)5(17)3(1-16)20-9;11-8-5-9(13-2-12-8)15(3-14-5)10-7(18)6(17)4(1-16)19-10;15-1-4-6(16)7(17)10(19-4)14-3-13-5-8(14)11-2-12-9(5)18;12-3-4-6(14)7(15)8(17-4)11-2-1-5(13)10-9(11)16/h2-3,5-6,9,16-17H,1H2,(H2,19,20,21)(H3,11,13,14,18);2-4,6-7,10,16-17H,1H2,(H2,11,12,13)(H2,18,19,20);2-3,5-6,9,16-18H,1H2,(H3,11,13,14,19);2-4,6-7,10,16-18H,1H2,(H2,11,12,13);2-4,6-7,10,15-17H,1H2,(H,11,12,18);1-2,4,6-8,12,14-15H,3H2,(H,10,13,16)/t3-,5-,6-,9-;4-,6-,7-,10-;3-,5-,6-,9-;2*4-,6-,7-,10-;4-,6-,7-,8-/m111111/s1. The van der Waals surface area contributed by atoms with Gasteiger partial charge in [-0.25, -0.2) is 63.8 Å². The number of anilines is 4. The first-order chi connectivity index (χ1) is 57.8. The first-order valence-electron chi connectivity index (χ1n) is 35.2. The molecule has 6 aliphatic heterocycles. The van der Waals surface area contributed by atoms with Crippen LogP contribution in [-0.4, -0.2) is 363 Å². The van der Waals surface area contributed by atoms with E-state index in [-0.39, 0.29) is 68.6 Å². The van der Waals surface area contributed by atoms with Crippen molar-refractivity contribution in [3.63, 3.8) is 0 Å². The molecule has 0 saturated carbocycles. The van der Waals surface area contributed by atoms with E-state index in [1.165, 1.54) is 67.1 Å². The second-order valence-corrected chi connectivity index (χ2v) is 29.3. The van der Waals surface area contributed by atoms with Gasteiger partial charge in [-0.1, -0.05) is 0 Å². The Hall–Kier alpha value is -10.6. The van der Waals surface area contributed by atoms with Gasteiger partial charge in [0.2, 0.25) is 17.8 Å². The molecular weight excluding hydrogens is 1690 g/mol. The number of ether oxygens (including phenoxy) is 6. The van der Waals surface area contributed by atoms with Gasteiger partial charge in [0.05, 0.1) is 71.3 Å². The van der Waals surface area contributed by atoms with Crippen LogP contribution in [0.5, 0.6) is 5.88 Å². The number of aromatic hydroxyl groups is 1. The molecule has 0 bridgehead atoms. The van der Waals surface area contributed by atoms with Crippen molar-refractivity contribution in [2.75, 3.05) is 62.6 Å². The molecule has 11 aromatic heterocycles. The summed E-state index contributed by atoms with van der Waals surface area (Å²) in [5.41, 5.74) is 21.8. The van der Waals surface area contributed by atoms with Crippen molar-refractivity contribution in [3.05, 3.63) is 104 Å². The van der Waals surface area contributed by atoms with Crippen molar-refractivity contribution >= 4 is 95.0 Å². The largest absolute Gasteiger partial charge is 0.492 e. The first kappa shape index (κ1) is 90.6. The maximum Gasteiger partial charge on any atom is 0.469 e. The van der Waals surface area contributed by atoms with Crippen molar-refractivity contribution in [2.24, 2.45) is 0 Å². The van der Waals surface area contributed by atoms with Crippen LogP contribution >= 0.6 is 15.6 Å². The second kappa shape index (κ2) is 37.2. The number of fused-ring (bicyclic) bond motifs is 5. The number of H-pyrrole nitrogens is 3. The van der Waals surface area contributed by atoms with Crippen LogP contribution in [0.4, 0.5) is 23.5 Å². The number of phosphoric ester groups is 2. The Morgan fingerprint density at radius 3 is 0.951 bits per heavy atom. The number of nitrogens with one attached hydrogen (secondary N) is 3. The second-order valence-electron chi connectivity index (χ2n) is 26.8. The zero-order valence-electron chi connectivity index (χ0n) is 61.7. The molecule has 6 aliphatic rings. The Balaban J connectivity index is 0.000000134. The molecule has 0 amide bonds. The highest BCUT2D eigenvalue weighted by Gasteiger charge is 2.50. The van der Waals surface area contributed by atoms with E-state index in [0.717, 1.165) is 23.2 Å². The zero-order chi connectivity index (χ0) is 88.6. The summed E-state index contributed by atoms with van der Waals surface area (Å²) in [6.45, 7) is -2.98.